The van der Waals surface area contributed by atoms with E-state index >= 15 is 0 Å². The number of thiazole rings is 1. The van der Waals surface area contributed by atoms with E-state index in [4.69, 9.17) is 4.74 Å². The third-order valence-electron chi connectivity index (χ3n) is 3.13. The zero-order valence-corrected chi connectivity index (χ0v) is 13.9. The molecule has 19 heavy (non-hydrogen) atoms. The molecule has 1 rings (SSSR count). The summed E-state index contributed by atoms with van der Waals surface area (Å²) in [6, 6.07) is 0.312. The second-order valence-corrected chi connectivity index (χ2v) is 7.03. The van der Waals surface area contributed by atoms with Crippen molar-refractivity contribution >= 4 is 11.3 Å². The fraction of sp³-hybridized carbons (Fsp3) is 0.800. The van der Waals surface area contributed by atoms with Crippen molar-refractivity contribution in [3.05, 3.63) is 16.1 Å². The summed E-state index contributed by atoms with van der Waals surface area (Å²) >= 11 is 1.72. The molecule has 0 bridgehead atoms. The van der Waals surface area contributed by atoms with Gasteiger partial charge in [0.1, 0.15) is 0 Å². The second-order valence-electron chi connectivity index (χ2n) is 5.97. The fourth-order valence-electron chi connectivity index (χ4n) is 2.43. The molecule has 1 heterocycles. The topological polar surface area (TPSA) is 34.2 Å². The molecule has 0 radical (unpaired) electrons. The third kappa shape index (κ3) is 5.21. The summed E-state index contributed by atoms with van der Waals surface area (Å²) in [4.78, 5) is 4.58. The zero-order valence-electron chi connectivity index (χ0n) is 13.1. The van der Waals surface area contributed by atoms with Crippen molar-refractivity contribution in [2.24, 2.45) is 5.41 Å². The number of hydrogen-bond donors (Lipinski definition) is 1. The lowest BCUT2D eigenvalue weighted by molar-refractivity contribution is -0.0354. The van der Waals surface area contributed by atoms with Gasteiger partial charge in [0, 0.05) is 24.4 Å². The minimum Gasteiger partial charge on any atom is -0.376 e. The van der Waals surface area contributed by atoms with Crippen LogP contribution < -0.4 is 5.32 Å². The molecule has 1 aromatic heterocycles. The van der Waals surface area contributed by atoms with Crippen LogP contribution in [0, 0.1) is 12.3 Å². The smallest absolute Gasteiger partial charge is 0.0897 e. The van der Waals surface area contributed by atoms with Crippen LogP contribution in [0.25, 0.3) is 0 Å². The zero-order chi connectivity index (χ0) is 14.5. The molecule has 110 valence electrons. The average molecular weight is 284 g/mol. The molecule has 2 unspecified atom stereocenters. The Morgan fingerprint density at radius 2 is 2.05 bits per heavy atom. The Hall–Kier alpha value is -0.450. The Balaban J connectivity index is 2.83. The van der Waals surface area contributed by atoms with Crippen molar-refractivity contribution in [3.63, 3.8) is 0 Å². The molecule has 0 saturated carbocycles. The molecule has 0 amide bonds. The van der Waals surface area contributed by atoms with Crippen molar-refractivity contribution in [1.29, 1.82) is 0 Å². The lowest BCUT2D eigenvalue weighted by Crippen LogP contribution is -2.49. The van der Waals surface area contributed by atoms with Gasteiger partial charge in [0.05, 0.1) is 16.8 Å². The maximum absolute atomic E-state index is 6.01. The van der Waals surface area contributed by atoms with E-state index in [9.17, 15) is 0 Å². The molecule has 0 fully saturated rings. The summed E-state index contributed by atoms with van der Waals surface area (Å²) in [5.41, 5.74) is 1.29. The normalized spacial score (nSPS) is 15.5. The van der Waals surface area contributed by atoms with Gasteiger partial charge in [0.2, 0.25) is 0 Å². The SMILES string of the molecule is CCNC(Cc1csc(C)n1)C(OCC)C(C)(C)C. The Bertz CT molecular complexity index is 370. The number of nitrogens with one attached hydrogen (secondary N) is 1. The van der Waals surface area contributed by atoms with Crippen LogP contribution >= 0.6 is 11.3 Å². The largest absolute Gasteiger partial charge is 0.376 e. The summed E-state index contributed by atoms with van der Waals surface area (Å²) < 4.78 is 6.01. The van der Waals surface area contributed by atoms with Crippen LogP contribution in [0.5, 0.6) is 0 Å². The average Bonchev–Trinajstić information content (AvgIpc) is 2.70. The van der Waals surface area contributed by atoms with Crippen LogP contribution in [0.3, 0.4) is 0 Å². The van der Waals surface area contributed by atoms with Crippen LogP contribution in [0.2, 0.25) is 0 Å². The van der Waals surface area contributed by atoms with E-state index < -0.39 is 0 Å². The summed E-state index contributed by atoms with van der Waals surface area (Å²) in [5.74, 6) is 0. The predicted octanol–water partition coefficient (Wildman–Crippen LogP) is 3.42. The highest BCUT2D eigenvalue weighted by Gasteiger charge is 2.32. The molecule has 0 spiro atoms. The van der Waals surface area contributed by atoms with E-state index in [2.05, 4.69) is 57.2 Å². The lowest BCUT2D eigenvalue weighted by Gasteiger charge is -2.37. The van der Waals surface area contributed by atoms with E-state index in [-0.39, 0.29) is 11.5 Å². The van der Waals surface area contributed by atoms with Gasteiger partial charge in [-0.3, -0.25) is 0 Å². The van der Waals surface area contributed by atoms with Crippen LogP contribution in [0.15, 0.2) is 5.38 Å². The van der Waals surface area contributed by atoms with Crippen molar-refractivity contribution in [3.8, 4) is 0 Å². The maximum atomic E-state index is 6.01. The minimum absolute atomic E-state index is 0.119. The van der Waals surface area contributed by atoms with Crippen LogP contribution in [0.4, 0.5) is 0 Å². The quantitative estimate of drug-likeness (QED) is 0.833. The van der Waals surface area contributed by atoms with Gasteiger partial charge < -0.3 is 10.1 Å². The molecule has 2 atom stereocenters. The van der Waals surface area contributed by atoms with Crippen LogP contribution in [-0.2, 0) is 11.2 Å². The molecule has 0 aliphatic heterocycles. The highest BCUT2D eigenvalue weighted by atomic mass is 32.1. The molecule has 1 aromatic rings. The van der Waals surface area contributed by atoms with Gasteiger partial charge in [-0.1, -0.05) is 27.7 Å². The Morgan fingerprint density at radius 1 is 1.37 bits per heavy atom. The van der Waals surface area contributed by atoms with E-state index in [0.717, 1.165) is 24.6 Å². The van der Waals surface area contributed by atoms with Gasteiger partial charge in [0.25, 0.3) is 0 Å². The summed E-state index contributed by atoms with van der Waals surface area (Å²) in [6.07, 6.45) is 1.12. The van der Waals surface area contributed by atoms with Crippen molar-refractivity contribution < 1.29 is 4.74 Å². The molecule has 0 aliphatic rings. The first-order valence-electron chi connectivity index (χ1n) is 7.14. The molecular weight excluding hydrogens is 256 g/mol. The Kier molecular flexibility index (Phi) is 6.43. The van der Waals surface area contributed by atoms with Crippen molar-refractivity contribution in [1.82, 2.24) is 10.3 Å². The highest BCUT2D eigenvalue weighted by Crippen LogP contribution is 2.27. The summed E-state index contributed by atoms with van der Waals surface area (Å²) in [5, 5.41) is 6.86. The highest BCUT2D eigenvalue weighted by molar-refractivity contribution is 7.09. The first-order valence-corrected chi connectivity index (χ1v) is 8.02. The van der Waals surface area contributed by atoms with E-state index in [1.807, 2.05) is 0 Å². The minimum atomic E-state index is 0.119. The number of hydrogen-bond acceptors (Lipinski definition) is 4. The van der Waals surface area contributed by atoms with Crippen molar-refractivity contribution in [2.45, 2.75) is 60.1 Å². The van der Waals surface area contributed by atoms with Gasteiger partial charge in [-0.15, -0.1) is 11.3 Å². The molecule has 1 N–H and O–H groups in total. The first kappa shape index (κ1) is 16.6. The molecule has 0 aromatic carbocycles. The van der Waals surface area contributed by atoms with Gasteiger partial charge in [-0.05, 0) is 25.8 Å². The maximum Gasteiger partial charge on any atom is 0.0897 e. The fourth-order valence-corrected chi connectivity index (χ4v) is 3.05. The molecule has 0 aliphatic carbocycles. The van der Waals surface area contributed by atoms with Crippen LogP contribution in [0.1, 0.15) is 45.3 Å². The molecule has 4 heteroatoms. The van der Waals surface area contributed by atoms with Gasteiger partial charge in [0.15, 0.2) is 0 Å². The number of nitrogens with zero attached hydrogens (tertiary/aromatic N) is 1. The summed E-state index contributed by atoms with van der Waals surface area (Å²) in [7, 11) is 0. The van der Waals surface area contributed by atoms with E-state index in [1.54, 1.807) is 11.3 Å². The molecule has 3 nitrogen and oxygen atoms in total. The van der Waals surface area contributed by atoms with E-state index in [1.165, 1.54) is 5.69 Å². The lowest BCUT2D eigenvalue weighted by atomic mass is 9.83. The summed E-state index contributed by atoms with van der Waals surface area (Å²) in [6.45, 7) is 14.7. The Labute approximate surface area is 121 Å². The molecular formula is C15H28N2OS. The van der Waals surface area contributed by atoms with E-state index in [0.29, 0.717) is 6.04 Å². The third-order valence-corrected chi connectivity index (χ3v) is 3.95. The second kappa shape index (κ2) is 7.36. The predicted molar refractivity (Wildman–Crippen MR) is 82.9 cm³/mol. The monoisotopic (exact) mass is 284 g/mol. The number of aryl methyl sites for hydroxylation is 1. The number of rotatable bonds is 7. The van der Waals surface area contributed by atoms with Crippen molar-refractivity contribution in [2.75, 3.05) is 13.2 Å². The first-order chi connectivity index (χ1) is 8.88. The number of ether oxygens (including phenoxy) is 1. The number of aromatic nitrogens is 1. The standard InChI is InChI=1S/C15H28N2OS/c1-7-16-13(9-12-10-19-11(3)17-12)14(18-8-2)15(4,5)6/h10,13-14,16H,7-9H2,1-6H3. The van der Waals surface area contributed by atoms with Gasteiger partial charge in [-0.25, -0.2) is 4.98 Å². The van der Waals surface area contributed by atoms with Crippen LogP contribution in [-0.4, -0.2) is 30.3 Å². The Morgan fingerprint density at radius 3 is 2.47 bits per heavy atom. The van der Waals surface area contributed by atoms with Gasteiger partial charge in [-0.2, -0.15) is 0 Å². The van der Waals surface area contributed by atoms with Gasteiger partial charge >= 0.3 is 0 Å². The molecule has 0 saturated heterocycles. The number of likely N-dealkylation sites (N-methyl/N-ethyl adjacent to an activating group) is 1.